The average molecular weight is 379 g/mol. The van der Waals surface area contributed by atoms with Crippen LogP contribution in [0.5, 0.6) is 0 Å². The lowest BCUT2D eigenvalue weighted by molar-refractivity contribution is 0.0684. The van der Waals surface area contributed by atoms with E-state index in [1.54, 1.807) is 11.0 Å². The van der Waals surface area contributed by atoms with Crippen molar-refractivity contribution < 1.29 is 18.4 Å². The molecule has 2 aromatic heterocycles. The molecule has 0 atom stereocenters. The highest BCUT2D eigenvalue weighted by molar-refractivity contribution is 6.01. The van der Waals surface area contributed by atoms with Gasteiger partial charge in [0, 0.05) is 13.1 Å². The maximum atomic E-state index is 12.7. The van der Waals surface area contributed by atoms with Gasteiger partial charge in [-0.3, -0.25) is 14.9 Å². The fraction of sp³-hybridized carbons (Fsp3) is 0.286. The highest BCUT2D eigenvalue weighted by atomic mass is 16.4. The van der Waals surface area contributed by atoms with Gasteiger partial charge in [0.2, 0.25) is 0 Å². The predicted octanol–water partition coefficient (Wildman–Crippen LogP) is 3.61. The first-order valence-corrected chi connectivity index (χ1v) is 9.32. The molecule has 3 heterocycles. The molecule has 3 aromatic rings. The zero-order valence-electron chi connectivity index (χ0n) is 15.3. The summed E-state index contributed by atoms with van der Waals surface area (Å²) in [5, 5.41) is 2.48. The van der Waals surface area contributed by atoms with Crippen LogP contribution in [-0.4, -0.2) is 34.8 Å². The number of nitrogens with one attached hydrogen (secondary N) is 1. The Morgan fingerprint density at radius 2 is 1.86 bits per heavy atom. The van der Waals surface area contributed by atoms with Crippen LogP contribution >= 0.6 is 0 Å². The van der Waals surface area contributed by atoms with Crippen LogP contribution in [0, 0.1) is 5.92 Å². The lowest BCUT2D eigenvalue weighted by Crippen LogP contribution is -2.39. The molecule has 28 heavy (non-hydrogen) atoms. The lowest BCUT2D eigenvalue weighted by Gasteiger charge is -2.31. The van der Waals surface area contributed by atoms with Gasteiger partial charge in [-0.1, -0.05) is 30.3 Å². The summed E-state index contributed by atoms with van der Waals surface area (Å²) in [7, 11) is 0. The molecule has 2 amide bonds. The third-order valence-corrected chi connectivity index (χ3v) is 4.96. The summed E-state index contributed by atoms with van der Waals surface area (Å²) in [6, 6.07) is 13.5. The molecule has 0 bridgehead atoms. The van der Waals surface area contributed by atoms with E-state index < -0.39 is 5.91 Å². The van der Waals surface area contributed by atoms with Crippen LogP contribution in [0.1, 0.15) is 39.4 Å². The van der Waals surface area contributed by atoms with Crippen LogP contribution in [0.2, 0.25) is 0 Å². The molecular formula is C21H21N3O4. The molecule has 0 aliphatic carbocycles. The summed E-state index contributed by atoms with van der Waals surface area (Å²) in [5.74, 6) is 0.0615. The van der Waals surface area contributed by atoms with Crippen LogP contribution < -0.4 is 5.32 Å². The van der Waals surface area contributed by atoms with Gasteiger partial charge in [0.15, 0.2) is 11.5 Å². The normalized spacial score (nSPS) is 14.8. The number of anilines is 1. The second kappa shape index (κ2) is 8.12. The minimum atomic E-state index is -0.479. The summed E-state index contributed by atoms with van der Waals surface area (Å²) in [4.78, 5) is 30.5. The Bertz CT molecular complexity index is 926. The predicted molar refractivity (Wildman–Crippen MR) is 102 cm³/mol. The number of aromatic nitrogens is 1. The van der Waals surface area contributed by atoms with Crippen LogP contribution in [0.15, 0.2) is 63.8 Å². The second-order valence-electron chi connectivity index (χ2n) is 6.89. The van der Waals surface area contributed by atoms with E-state index in [1.807, 2.05) is 6.07 Å². The standard InChI is InChI=1S/C21H21N3O4/c25-19(18-7-4-12-27-18)23-21-22-17(14-28-21)20(26)24-10-8-16(9-11-24)13-15-5-2-1-3-6-15/h1-7,12,14,16H,8-11,13H2,(H,22,23,25). The van der Waals surface area contributed by atoms with E-state index in [-0.39, 0.29) is 23.4 Å². The number of amides is 2. The minimum absolute atomic E-state index is 0.0243. The van der Waals surface area contributed by atoms with Crippen molar-refractivity contribution in [2.75, 3.05) is 18.4 Å². The first kappa shape index (κ1) is 18.0. The maximum absolute atomic E-state index is 12.7. The van der Waals surface area contributed by atoms with Crippen LogP contribution in [0.3, 0.4) is 0 Å². The van der Waals surface area contributed by atoms with Gasteiger partial charge in [-0.05, 0) is 42.9 Å². The molecule has 144 valence electrons. The first-order chi connectivity index (χ1) is 13.7. The van der Waals surface area contributed by atoms with Gasteiger partial charge in [0.25, 0.3) is 11.8 Å². The quantitative estimate of drug-likeness (QED) is 0.731. The van der Waals surface area contributed by atoms with Crippen molar-refractivity contribution in [1.82, 2.24) is 9.88 Å². The fourth-order valence-corrected chi connectivity index (χ4v) is 3.45. The van der Waals surface area contributed by atoms with Crippen molar-refractivity contribution in [3.05, 3.63) is 72.0 Å². The van der Waals surface area contributed by atoms with Crippen molar-refractivity contribution in [2.24, 2.45) is 5.92 Å². The molecule has 0 radical (unpaired) electrons. The van der Waals surface area contributed by atoms with Gasteiger partial charge < -0.3 is 13.7 Å². The molecule has 0 saturated carbocycles. The number of benzene rings is 1. The van der Waals surface area contributed by atoms with E-state index in [0.717, 1.165) is 19.3 Å². The summed E-state index contributed by atoms with van der Waals surface area (Å²) in [5.41, 5.74) is 1.52. The Kier molecular flexibility index (Phi) is 5.23. The van der Waals surface area contributed by atoms with Crippen molar-refractivity contribution in [3.8, 4) is 0 Å². The molecule has 7 heteroatoms. The number of piperidine rings is 1. The highest BCUT2D eigenvalue weighted by Crippen LogP contribution is 2.23. The van der Waals surface area contributed by atoms with E-state index in [0.29, 0.717) is 19.0 Å². The zero-order chi connectivity index (χ0) is 19.3. The van der Waals surface area contributed by atoms with Crippen molar-refractivity contribution >= 4 is 17.8 Å². The number of furan rings is 1. The number of hydrogen-bond acceptors (Lipinski definition) is 5. The van der Waals surface area contributed by atoms with Crippen LogP contribution in [0.4, 0.5) is 6.01 Å². The van der Waals surface area contributed by atoms with E-state index in [1.165, 1.54) is 24.2 Å². The van der Waals surface area contributed by atoms with Crippen molar-refractivity contribution in [1.29, 1.82) is 0 Å². The molecule has 1 saturated heterocycles. The molecule has 1 aliphatic rings. The molecule has 1 N–H and O–H groups in total. The van der Waals surface area contributed by atoms with E-state index in [2.05, 4.69) is 34.6 Å². The Balaban J connectivity index is 1.30. The van der Waals surface area contributed by atoms with Crippen LogP contribution in [0.25, 0.3) is 0 Å². The number of carbonyl (C=O) groups excluding carboxylic acids is 2. The van der Waals surface area contributed by atoms with Crippen LogP contribution in [-0.2, 0) is 6.42 Å². The fourth-order valence-electron chi connectivity index (χ4n) is 3.45. The third kappa shape index (κ3) is 4.14. The molecule has 0 unspecified atom stereocenters. The van der Waals surface area contributed by atoms with E-state index in [9.17, 15) is 9.59 Å². The highest BCUT2D eigenvalue weighted by Gasteiger charge is 2.26. The van der Waals surface area contributed by atoms with Gasteiger partial charge in [-0.2, -0.15) is 4.98 Å². The number of likely N-dealkylation sites (tertiary alicyclic amines) is 1. The summed E-state index contributed by atoms with van der Waals surface area (Å²) in [6.45, 7) is 1.38. The molecule has 0 spiro atoms. The van der Waals surface area contributed by atoms with Gasteiger partial charge in [-0.15, -0.1) is 0 Å². The second-order valence-corrected chi connectivity index (χ2v) is 6.89. The monoisotopic (exact) mass is 379 g/mol. The van der Waals surface area contributed by atoms with E-state index in [4.69, 9.17) is 8.83 Å². The molecule has 7 nitrogen and oxygen atoms in total. The number of hydrogen-bond donors (Lipinski definition) is 1. The molecule has 1 fully saturated rings. The SMILES string of the molecule is O=C(Nc1nc(C(=O)N2CCC(Cc3ccccc3)CC2)co1)c1ccco1. The summed E-state index contributed by atoms with van der Waals surface area (Å²) in [6.07, 6.45) is 5.63. The van der Waals surface area contributed by atoms with Gasteiger partial charge in [-0.25, -0.2) is 0 Å². The Morgan fingerprint density at radius 3 is 2.57 bits per heavy atom. The molecule has 1 aromatic carbocycles. The number of oxazole rings is 1. The topological polar surface area (TPSA) is 88.6 Å². The summed E-state index contributed by atoms with van der Waals surface area (Å²) >= 11 is 0. The zero-order valence-corrected chi connectivity index (χ0v) is 15.3. The number of nitrogens with zero attached hydrogens (tertiary/aromatic N) is 2. The number of carbonyl (C=O) groups is 2. The van der Waals surface area contributed by atoms with Gasteiger partial charge >= 0.3 is 6.01 Å². The molecular weight excluding hydrogens is 358 g/mol. The summed E-state index contributed by atoms with van der Waals surface area (Å²) < 4.78 is 10.2. The first-order valence-electron chi connectivity index (χ1n) is 9.32. The Hall–Kier alpha value is -3.35. The Morgan fingerprint density at radius 1 is 1.07 bits per heavy atom. The van der Waals surface area contributed by atoms with E-state index >= 15 is 0 Å². The third-order valence-electron chi connectivity index (χ3n) is 4.96. The maximum Gasteiger partial charge on any atom is 0.302 e. The Labute approximate surface area is 162 Å². The molecule has 1 aliphatic heterocycles. The largest absolute Gasteiger partial charge is 0.459 e. The van der Waals surface area contributed by atoms with Gasteiger partial charge in [0.1, 0.15) is 6.26 Å². The van der Waals surface area contributed by atoms with Crippen molar-refractivity contribution in [3.63, 3.8) is 0 Å². The smallest absolute Gasteiger partial charge is 0.302 e. The average Bonchev–Trinajstić information content (AvgIpc) is 3.41. The minimum Gasteiger partial charge on any atom is -0.459 e. The number of rotatable bonds is 5. The lowest BCUT2D eigenvalue weighted by atomic mass is 9.90. The van der Waals surface area contributed by atoms with Crippen molar-refractivity contribution in [2.45, 2.75) is 19.3 Å². The molecule has 4 rings (SSSR count). The van der Waals surface area contributed by atoms with Gasteiger partial charge in [0.05, 0.1) is 6.26 Å².